The molecule has 0 aromatic carbocycles. The number of nitrogens with two attached hydrogens (primary N) is 1. The van der Waals surface area contributed by atoms with Crippen molar-refractivity contribution in [3.05, 3.63) is 16.4 Å². The van der Waals surface area contributed by atoms with Gasteiger partial charge in [-0.3, -0.25) is 4.68 Å². The molecule has 3 unspecified atom stereocenters. The molecule has 5 heteroatoms. The van der Waals surface area contributed by atoms with Crippen molar-refractivity contribution in [2.45, 2.75) is 64.1 Å². The van der Waals surface area contributed by atoms with Crippen LogP contribution in [-0.2, 0) is 11.3 Å². The maximum atomic E-state index is 6.64. The zero-order valence-electron chi connectivity index (χ0n) is 12.7. The van der Waals surface area contributed by atoms with Crippen LogP contribution in [-0.4, -0.2) is 22.5 Å². The number of methoxy groups -OCH3 is 1. The molecule has 2 N–H and O–H groups in total. The summed E-state index contributed by atoms with van der Waals surface area (Å²) in [7, 11) is 1.80. The topological polar surface area (TPSA) is 53.1 Å². The van der Waals surface area contributed by atoms with Gasteiger partial charge in [-0.05, 0) is 41.1 Å². The van der Waals surface area contributed by atoms with Gasteiger partial charge in [0.15, 0.2) is 0 Å². The van der Waals surface area contributed by atoms with Crippen molar-refractivity contribution >= 4 is 15.9 Å². The van der Waals surface area contributed by atoms with Gasteiger partial charge < -0.3 is 10.5 Å². The summed E-state index contributed by atoms with van der Waals surface area (Å²) in [6.45, 7) is 5.33. The largest absolute Gasteiger partial charge is 0.376 e. The average Bonchev–Trinajstić information content (AvgIpc) is 2.79. The Kier molecular flexibility index (Phi) is 5.26. The molecule has 0 spiro atoms. The van der Waals surface area contributed by atoms with E-state index in [1.54, 1.807) is 7.11 Å². The van der Waals surface area contributed by atoms with E-state index >= 15 is 0 Å². The van der Waals surface area contributed by atoms with Crippen LogP contribution in [0.1, 0.15) is 57.7 Å². The highest BCUT2D eigenvalue weighted by Crippen LogP contribution is 2.43. The third-order valence-electron chi connectivity index (χ3n) is 4.53. The second kappa shape index (κ2) is 6.58. The van der Waals surface area contributed by atoms with Crippen LogP contribution in [0, 0.1) is 5.92 Å². The van der Waals surface area contributed by atoms with Crippen molar-refractivity contribution in [1.29, 1.82) is 0 Å². The summed E-state index contributed by atoms with van der Waals surface area (Å²) in [6, 6.07) is -0.140. The second-order valence-electron chi connectivity index (χ2n) is 6.05. The van der Waals surface area contributed by atoms with Gasteiger partial charge in [-0.2, -0.15) is 5.10 Å². The zero-order valence-corrected chi connectivity index (χ0v) is 14.3. The lowest BCUT2D eigenvalue weighted by Crippen LogP contribution is -2.47. The lowest BCUT2D eigenvalue weighted by Gasteiger charge is -2.43. The normalized spacial score (nSPS) is 28.6. The van der Waals surface area contributed by atoms with Crippen LogP contribution < -0.4 is 5.73 Å². The molecule has 1 aliphatic carbocycles. The van der Waals surface area contributed by atoms with Crippen molar-refractivity contribution in [1.82, 2.24) is 9.78 Å². The van der Waals surface area contributed by atoms with E-state index in [1.807, 2.05) is 10.9 Å². The maximum absolute atomic E-state index is 6.64. The summed E-state index contributed by atoms with van der Waals surface area (Å²) < 4.78 is 8.95. The molecule has 4 nitrogen and oxygen atoms in total. The third-order valence-corrected chi connectivity index (χ3v) is 5.14. The monoisotopic (exact) mass is 343 g/mol. The number of hydrogen-bond acceptors (Lipinski definition) is 3. The number of aromatic nitrogens is 2. The number of ether oxygens (including phenoxy) is 1. The minimum Gasteiger partial charge on any atom is -0.376 e. The van der Waals surface area contributed by atoms with Crippen molar-refractivity contribution < 1.29 is 4.74 Å². The molecule has 0 aliphatic heterocycles. The Morgan fingerprint density at radius 1 is 1.65 bits per heavy atom. The van der Waals surface area contributed by atoms with E-state index in [-0.39, 0.29) is 11.6 Å². The Labute approximate surface area is 130 Å². The fraction of sp³-hybridized carbons (Fsp3) is 0.800. The Morgan fingerprint density at radius 2 is 2.40 bits per heavy atom. The first kappa shape index (κ1) is 16.0. The molecular formula is C15H26BrN3O. The molecule has 0 bridgehead atoms. The Hall–Kier alpha value is -0.390. The molecule has 1 aliphatic rings. The summed E-state index contributed by atoms with van der Waals surface area (Å²) in [5.74, 6) is 0.663. The van der Waals surface area contributed by atoms with Crippen LogP contribution in [0.25, 0.3) is 0 Å². The molecule has 1 aromatic rings. The second-order valence-corrected chi connectivity index (χ2v) is 6.90. The minimum atomic E-state index is -0.258. The molecule has 1 aromatic heterocycles. The maximum Gasteiger partial charge on any atom is 0.0888 e. The van der Waals surface area contributed by atoms with Crippen molar-refractivity contribution in [2.24, 2.45) is 11.7 Å². The molecule has 0 radical (unpaired) electrons. The first-order valence-corrected chi connectivity index (χ1v) is 8.35. The van der Waals surface area contributed by atoms with Crippen molar-refractivity contribution in [2.75, 3.05) is 7.11 Å². The molecule has 0 saturated heterocycles. The van der Waals surface area contributed by atoms with Gasteiger partial charge in [0, 0.05) is 13.7 Å². The molecule has 20 heavy (non-hydrogen) atoms. The van der Waals surface area contributed by atoms with E-state index in [2.05, 4.69) is 34.9 Å². The summed E-state index contributed by atoms with van der Waals surface area (Å²) in [6.07, 6.45) is 7.40. The molecule has 3 atom stereocenters. The molecule has 114 valence electrons. The lowest BCUT2D eigenvalue weighted by molar-refractivity contribution is -0.0736. The molecule has 1 heterocycles. The zero-order chi connectivity index (χ0) is 14.8. The fourth-order valence-corrected chi connectivity index (χ4v) is 4.00. The number of nitrogens with zero attached hydrogens (tertiary/aromatic N) is 2. The Balaban J connectivity index is 2.32. The van der Waals surface area contributed by atoms with Gasteiger partial charge in [-0.15, -0.1) is 0 Å². The third kappa shape index (κ3) is 2.95. The fourth-order valence-electron chi connectivity index (χ4n) is 3.46. The van der Waals surface area contributed by atoms with Crippen molar-refractivity contribution in [3.8, 4) is 0 Å². The smallest absolute Gasteiger partial charge is 0.0888 e. The van der Waals surface area contributed by atoms with Gasteiger partial charge >= 0.3 is 0 Å². The quantitative estimate of drug-likeness (QED) is 0.887. The van der Waals surface area contributed by atoms with E-state index in [1.165, 1.54) is 12.8 Å². The van der Waals surface area contributed by atoms with Gasteiger partial charge in [0.1, 0.15) is 0 Å². The number of aryl methyl sites for hydroxylation is 1. The van der Waals surface area contributed by atoms with E-state index in [0.29, 0.717) is 5.92 Å². The molecular weight excluding hydrogens is 318 g/mol. The highest BCUT2D eigenvalue weighted by Gasteiger charge is 2.43. The van der Waals surface area contributed by atoms with Crippen molar-refractivity contribution in [3.63, 3.8) is 0 Å². The molecule has 1 fully saturated rings. The Bertz CT molecular complexity index is 448. The van der Waals surface area contributed by atoms with Gasteiger partial charge in [0.25, 0.3) is 0 Å². The van der Waals surface area contributed by atoms with E-state index in [0.717, 1.165) is 36.0 Å². The first-order valence-electron chi connectivity index (χ1n) is 7.56. The molecule has 1 saturated carbocycles. The molecule has 2 rings (SSSR count). The van der Waals surface area contributed by atoms with Gasteiger partial charge in [0.05, 0.1) is 28.0 Å². The summed E-state index contributed by atoms with van der Waals surface area (Å²) in [5, 5.41) is 4.44. The summed E-state index contributed by atoms with van der Waals surface area (Å²) in [5.41, 5.74) is 7.45. The average molecular weight is 344 g/mol. The van der Waals surface area contributed by atoms with E-state index in [9.17, 15) is 0 Å². The minimum absolute atomic E-state index is 0.140. The van der Waals surface area contributed by atoms with Crippen LogP contribution in [0.2, 0.25) is 0 Å². The van der Waals surface area contributed by atoms with Crippen LogP contribution >= 0.6 is 15.9 Å². The first-order chi connectivity index (χ1) is 9.54. The lowest BCUT2D eigenvalue weighted by atomic mass is 9.74. The highest BCUT2D eigenvalue weighted by molar-refractivity contribution is 9.10. The van der Waals surface area contributed by atoms with E-state index in [4.69, 9.17) is 10.5 Å². The SMILES string of the molecule is CCCn1ncc(Br)c1C(N)C1(OC)CCCC(C)C1. The highest BCUT2D eigenvalue weighted by atomic mass is 79.9. The predicted octanol–water partition coefficient (Wildman–Crippen LogP) is 3.65. The number of rotatable bonds is 5. The van der Waals surface area contributed by atoms with Crippen LogP contribution in [0.15, 0.2) is 10.7 Å². The van der Waals surface area contributed by atoms with Gasteiger partial charge in [-0.1, -0.05) is 26.7 Å². The van der Waals surface area contributed by atoms with Crippen LogP contribution in [0.4, 0.5) is 0 Å². The number of halogens is 1. The summed E-state index contributed by atoms with van der Waals surface area (Å²) in [4.78, 5) is 0. The van der Waals surface area contributed by atoms with E-state index < -0.39 is 0 Å². The predicted molar refractivity (Wildman–Crippen MR) is 84.5 cm³/mol. The van der Waals surface area contributed by atoms with Gasteiger partial charge in [0.2, 0.25) is 0 Å². The van der Waals surface area contributed by atoms with Gasteiger partial charge in [-0.25, -0.2) is 0 Å². The molecule has 0 amide bonds. The van der Waals surface area contributed by atoms with Crippen LogP contribution in [0.5, 0.6) is 0 Å². The van der Waals surface area contributed by atoms with Crippen LogP contribution in [0.3, 0.4) is 0 Å². The Morgan fingerprint density at radius 3 is 3.00 bits per heavy atom. The number of hydrogen-bond donors (Lipinski definition) is 1. The summed E-state index contributed by atoms with van der Waals surface area (Å²) >= 11 is 3.60. The standard InChI is InChI=1S/C15H26BrN3O/c1-4-8-19-13(12(16)10-18-19)14(17)15(20-3)7-5-6-11(2)9-15/h10-11,14H,4-9,17H2,1-3H3.